The zero-order chi connectivity index (χ0) is 15.8. The van der Waals surface area contributed by atoms with E-state index in [1.165, 1.54) is 44.1 Å². The van der Waals surface area contributed by atoms with Crippen molar-refractivity contribution >= 4 is 27.5 Å². The van der Waals surface area contributed by atoms with Gasteiger partial charge >= 0.3 is 0 Å². The van der Waals surface area contributed by atoms with Gasteiger partial charge in [0.2, 0.25) is 0 Å². The van der Waals surface area contributed by atoms with Gasteiger partial charge < -0.3 is 4.74 Å². The van der Waals surface area contributed by atoms with Gasteiger partial charge in [-0.05, 0) is 37.5 Å². The molecule has 0 aromatic heterocycles. The van der Waals surface area contributed by atoms with Crippen LogP contribution < -0.4 is 4.74 Å². The molecule has 0 N–H and O–H groups in total. The number of methoxy groups -OCH3 is 1. The maximum absolute atomic E-state index is 6.68. The lowest BCUT2D eigenvalue weighted by atomic mass is 9.97. The molecule has 1 unspecified atom stereocenters. The zero-order valence-corrected chi connectivity index (χ0v) is 16.1. The summed E-state index contributed by atoms with van der Waals surface area (Å²) in [4.78, 5) is 0. The molecule has 0 radical (unpaired) electrons. The Balaban J connectivity index is 2.67. The van der Waals surface area contributed by atoms with Crippen LogP contribution in [0.3, 0.4) is 0 Å². The summed E-state index contributed by atoms with van der Waals surface area (Å²) in [6.45, 7) is 6.43. The first-order valence-corrected chi connectivity index (χ1v) is 9.23. The fourth-order valence-electron chi connectivity index (χ4n) is 2.77. The van der Waals surface area contributed by atoms with E-state index in [0.29, 0.717) is 0 Å². The van der Waals surface area contributed by atoms with E-state index >= 15 is 0 Å². The Morgan fingerprint density at radius 2 is 1.76 bits per heavy atom. The Kier molecular flexibility index (Phi) is 8.73. The highest BCUT2D eigenvalue weighted by molar-refractivity contribution is 9.10. The van der Waals surface area contributed by atoms with E-state index < -0.39 is 0 Å². The van der Waals surface area contributed by atoms with Gasteiger partial charge in [-0.15, -0.1) is 11.6 Å². The summed E-state index contributed by atoms with van der Waals surface area (Å²) in [5, 5.41) is 0.0299. The smallest absolute Gasteiger partial charge is 0.126 e. The van der Waals surface area contributed by atoms with Crippen molar-refractivity contribution in [3.63, 3.8) is 0 Å². The van der Waals surface area contributed by atoms with Crippen LogP contribution in [0.5, 0.6) is 5.75 Å². The van der Waals surface area contributed by atoms with E-state index in [-0.39, 0.29) is 5.38 Å². The quantitative estimate of drug-likeness (QED) is 0.330. The van der Waals surface area contributed by atoms with Crippen LogP contribution in [-0.2, 0) is 0 Å². The van der Waals surface area contributed by atoms with Crippen LogP contribution in [0.25, 0.3) is 0 Å². The maximum atomic E-state index is 6.68. The first kappa shape index (κ1) is 18.8. The van der Waals surface area contributed by atoms with Crippen molar-refractivity contribution in [1.82, 2.24) is 0 Å². The summed E-state index contributed by atoms with van der Waals surface area (Å²) < 4.78 is 6.70. The number of alkyl halides is 1. The molecular weight excluding hydrogens is 348 g/mol. The monoisotopic (exact) mass is 374 g/mol. The van der Waals surface area contributed by atoms with E-state index in [9.17, 15) is 0 Å². The third-order valence-corrected chi connectivity index (χ3v) is 5.30. The van der Waals surface area contributed by atoms with Gasteiger partial charge in [-0.25, -0.2) is 0 Å². The van der Waals surface area contributed by atoms with Crippen LogP contribution in [0, 0.1) is 13.8 Å². The fourth-order valence-corrected chi connectivity index (χ4v) is 3.75. The molecule has 120 valence electrons. The highest BCUT2D eigenvalue weighted by atomic mass is 79.9. The van der Waals surface area contributed by atoms with E-state index in [4.69, 9.17) is 16.3 Å². The molecule has 1 nitrogen and oxygen atoms in total. The van der Waals surface area contributed by atoms with Crippen molar-refractivity contribution in [1.29, 1.82) is 0 Å². The van der Waals surface area contributed by atoms with Crippen LogP contribution in [-0.4, -0.2) is 7.11 Å². The molecular formula is C18H28BrClO. The van der Waals surface area contributed by atoms with Gasteiger partial charge in [0, 0.05) is 10.0 Å². The Labute approximate surface area is 143 Å². The molecule has 0 heterocycles. The lowest BCUT2D eigenvalue weighted by molar-refractivity contribution is 0.404. The number of ether oxygens (including phenoxy) is 1. The molecule has 0 aliphatic carbocycles. The summed E-state index contributed by atoms with van der Waals surface area (Å²) in [5.41, 5.74) is 3.49. The van der Waals surface area contributed by atoms with Crippen LogP contribution in [0.15, 0.2) is 10.5 Å². The number of hydrogen-bond donors (Lipinski definition) is 0. The predicted molar refractivity (Wildman–Crippen MR) is 96.8 cm³/mol. The van der Waals surface area contributed by atoms with Gasteiger partial charge in [0.1, 0.15) is 5.75 Å². The first-order chi connectivity index (χ1) is 10.0. The molecule has 1 aromatic rings. The molecule has 0 spiro atoms. The number of hydrogen-bond acceptors (Lipinski definition) is 1. The highest BCUT2D eigenvalue weighted by Gasteiger charge is 2.19. The minimum atomic E-state index is 0.0299. The third-order valence-electron chi connectivity index (χ3n) is 4.04. The minimum absolute atomic E-state index is 0.0299. The van der Waals surface area contributed by atoms with Crippen molar-refractivity contribution in [2.24, 2.45) is 0 Å². The van der Waals surface area contributed by atoms with Gasteiger partial charge in [-0.1, -0.05) is 61.4 Å². The Morgan fingerprint density at radius 3 is 2.38 bits per heavy atom. The van der Waals surface area contributed by atoms with Gasteiger partial charge in [0.05, 0.1) is 12.5 Å². The lowest BCUT2D eigenvalue weighted by Crippen LogP contribution is -2.02. The van der Waals surface area contributed by atoms with Crippen molar-refractivity contribution in [2.75, 3.05) is 7.11 Å². The second kappa shape index (κ2) is 9.74. The highest BCUT2D eigenvalue weighted by Crippen LogP contribution is 2.41. The maximum Gasteiger partial charge on any atom is 0.126 e. The molecule has 0 saturated heterocycles. The summed E-state index contributed by atoms with van der Waals surface area (Å²) in [7, 11) is 1.73. The lowest BCUT2D eigenvalue weighted by Gasteiger charge is -2.20. The number of unbranched alkanes of at least 4 members (excludes halogenated alkanes) is 5. The van der Waals surface area contributed by atoms with Gasteiger partial charge in [0.25, 0.3) is 0 Å². The Bertz CT molecular complexity index is 445. The minimum Gasteiger partial charge on any atom is -0.496 e. The normalized spacial score (nSPS) is 12.5. The predicted octanol–water partition coefficient (Wildman–Crippen LogP) is 7.11. The average molecular weight is 376 g/mol. The largest absolute Gasteiger partial charge is 0.496 e. The second-order valence-corrected chi connectivity index (χ2v) is 7.15. The van der Waals surface area contributed by atoms with E-state index in [0.717, 1.165) is 27.8 Å². The van der Waals surface area contributed by atoms with Gasteiger partial charge in [-0.3, -0.25) is 0 Å². The summed E-state index contributed by atoms with van der Waals surface area (Å²) >= 11 is 10.3. The summed E-state index contributed by atoms with van der Waals surface area (Å²) in [6, 6.07) is 2.10. The van der Waals surface area contributed by atoms with Crippen molar-refractivity contribution < 1.29 is 4.74 Å². The molecule has 3 heteroatoms. The van der Waals surface area contributed by atoms with E-state index in [1.807, 2.05) is 0 Å². The van der Waals surface area contributed by atoms with Crippen LogP contribution in [0.4, 0.5) is 0 Å². The SMILES string of the molecule is CCCCCCCCC(Cl)c1c(C)c(Br)cc(C)c1OC. The average Bonchev–Trinajstić information content (AvgIpc) is 2.45. The molecule has 0 saturated carbocycles. The standard InChI is InChI=1S/C18H28BrClO/c1-5-6-7-8-9-10-11-16(20)17-14(3)15(19)12-13(2)18(17)21-4/h12,16H,5-11H2,1-4H3. The van der Waals surface area contributed by atoms with Crippen molar-refractivity contribution in [3.8, 4) is 5.75 Å². The molecule has 0 fully saturated rings. The topological polar surface area (TPSA) is 9.23 Å². The number of benzene rings is 1. The van der Waals surface area contributed by atoms with Crippen LogP contribution in [0.2, 0.25) is 0 Å². The molecule has 0 bridgehead atoms. The summed E-state index contributed by atoms with van der Waals surface area (Å²) in [6.07, 6.45) is 8.80. The molecule has 0 aliphatic rings. The molecule has 0 aliphatic heterocycles. The molecule has 21 heavy (non-hydrogen) atoms. The van der Waals surface area contributed by atoms with E-state index in [1.54, 1.807) is 7.11 Å². The Hall–Kier alpha value is -0.210. The number of halogens is 2. The van der Waals surface area contributed by atoms with Crippen LogP contribution in [0.1, 0.15) is 73.9 Å². The Morgan fingerprint density at radius 1 is 1.14 bits per heavy atom. The zero-order valence-electron chi connectivity index (χ0n) is 13.8. The van der Waals surface area contributed by atoms with Crippen molar-refractivity contribution in [3.05, 3.63) is 27.2 Å². The molecule has 1 aromatic carbocycles. The van der Waals surface area contributed by atoms with E-state index in [2.05, 4.69) is 42.8 Å². The number of rotatable bonds is 9. The molecule has 1 rings (SSSR count). The third kappa shape index (κ3) is 5.49. The summed E-state index contributed by atoms with van der Waals surface area (Å²) in [5.74, 6) is 0.946. The van der Waals surface area contributed by atoms with Crippen LogP contribution >= 0.6 is 27.5 Å². The van der Waals surface area contributed by atoms with Gasteiger partial charge in [0.15, 0.2) is 0 Å². The fraction of sp³-hybridized carbons (Fsp3) is 0.667. The second-order valence-electron chi connectivity index (χ2n) is 5.77. The molecule has 1 atom stereocenters. The van der Waals surface area contributed by atoms with Crippen molar-refractivity contribution in [2.45, 2.75) is 71.1 Å². The first-order valence-electron chi connectivity index (χ1n) is 8.00. The molecule has 0 amide bonds. The van der Waals surface area contributed by atoms with Gasteiger partial charge in [-0.2, -0.15) is 0 Å². The number of aryl methyl sites for hydroxylation is 1.